The van der Waals surface area contributed by atoms with E-state index in [1.807, 2.05) is 65.0 Å². The van der Waals surface area contributed by atoms with Crippen molar-refractivity contribution in [1.29, 1.82) is 0 Å². The van der Waals surface area contributed by atoms with Crippen molar-refractivity contribution in [1.82, 2.24) is 5.32 Å². The monoisotopic (exact) mass is 450 g/mol. The van der Waals surface area contributed by atoms with Crippen molar-refractivity contribution in [2.24, 2.45) is 0 Å². The zero-order valence-corrected chi connectivity index (χ0v) is 20.0. The number of nitrogens with zero attached hydrogens (tertiary/aromatic N) is 1. The number of hydrogen-bond donors (Lipinski definition) is 1. The highest BCUT2D eigenvalue weighted by Crippen LogP contribution is 2.26. The van der Waals surface area contributed by atoms with Gasteiger partial charge in [-0.1, -0.05) is 53.6 Å². The highest BCUT2D eigenvalue weighted by molar-refractivity contribution is 7.92. The topological polar surface area (TPSA) is 66.5 Å². The summed E-state index contributed by atoms with van der Waals surface area (Å²) in [4.78, 5) is 13.1. The molecule has 168 valence electrons. The summed E-state index contributed by atoms with van der Waals surface area (Å²) in [5.41, 5.74) is 5.39. The number of amides is 1. The summed E-state index contributed by atoms with van der Waals surface area (Å²) in [6.07, 6.45) is 0. The predicted molar refractivity (Wildman–Crippen MR) is 129 cm³/mol. The standard InChI is InChI=1S/C26H30N2O3S/c1-18-6-10-23(11-7-18)22(5)27-26(29)17-28(24-15-20(3)14-21(4)16-24)32(30,31)25-12-8-19(2)9-13-25/h6-16,22H,17H2,1-5H3,(H,27,29)/t22-/m1/s1. The lowest BCUT2D eigenvalue weighted by molar-refractivity contribution is -0.120. The maximum atomic E-state index is 13.5. The summed E-state index contributed by atoms with van der Waals surface area (Å²) in [5.74, 6) is -0.368. The van der Waals surface area contributed by atoms with Gasteiger partial charge in [0.2, 0.25) is 5.91 Å². The van der Waals surface area contributed by atoms with E-state index in [2.05, 4.69) is 5.32 Å². The molecular weight excluding hydrogens is 420 g/mol. The van der Waals surface area contributed by atoms with Crippen molar-refractivity contribution in [3.8, 4) is 0 Å². The summed E-state index contributed by atoms with van der Waals surface area (Å²) in [6.45, 7) is 9.30. The van der Waals surface area contributed by atoms with E-state index in [-0.39, 0.29) is 23.4 Å². The van der Waals surface area contributed by atoms with Gasteiger partial charge in [0.15, 0.2) is 0 Å². The van der Waals surface area contributed by atoms with E-state index in [0.717, 1.165) is 27.8 Å². The van der Waals surface area contributed by atoms with E-state index < -0.39 is 10.0 Å². The van der Waals surface area contributed by atoms with Crippen LogP contribution in [0.1, 0.15) is 40.8 Å². The molecule has 0 saturated heterocycles. The first kappa shape index (κ1) is 23.5. The summed E-state index contributed by atoms with van der Waals surface area (Å²) >= 11 is 0. The number of anilines is 1. The van der Waals surface area contributed by atoms with Crippen LogP contribution in [0.25, 0.3) is 0 Å². The number of hydrogen-bond acceptors (Lipinski definition) is 3. The average molecular weight is 451 g/mol. The van der Waals surface area contributed by atoms with E-state index in [4.69, 9.17) is 0 Å². The molecular formula is C26H30N2O3S. The first-order valence-electron chi connectivity index (χ1n) is 10.6. The molecule has 0 aromatic heterocycles. The third-order valence-electron chi connectivity index (χ3n) is 5.35. The third-order valence-corrected chi connectivity index (χ3v) is 7.13. The molecule has 0 bridgehead atoms. The van der Waals surface area contributed by atoms with Gasteiger partial charge in [-0.15, -0.1) is 0 Å². The van der Waals surface area contributed by atoms with Gasteiger partial charge in [0, 0.05) is 0 Å². The normalized spacial score (nSPS) is 12.3. The second-order valence-corrected chi connectivity index (χ2v) is 10.2. The minimum atomic E-state index is -3.93. The number of rotatable bonds is 7. The van der Waals surface area contributed by atoms with E-state index in [1.165, 1.54) is 4.31 Å². The molecule has 0 unspecified atom stereocenters. The molecule has 0 heterocycles. The second kappa shape index (κ2) is 9.57. The maximum Gasteiger partial charge on any atom is 0.264 e. The lowest BCUT2D eigenvalue weighted by atomic mass is 10.1. The van der Waals surface area contributed by atoms with Crippen LogP contribution in [0, 0.1) is 27.7 Å². The minimum Gasteiger partial charge on any atom is -0.348 e. The Hall–Kier alpha value is -3.12. The summed E-state index contributed by atoms with van der Waals surface area (Å²) in [7, 11) is -3.93. The molecule has 32 heavy (non-hydrogen) atoms. The van der Waals surface area contributed by atoms with Crippen LogP contribution >= 0.6 is 0 Å². The Morgan fingerprint density at radius 2 is 1.31 bits per heavy atom. The largest absolute Gasteiger partial charge is 0.348 e. The van der Waals surface area contributed by atoms with Gasteiger partial charge in [-0.2, -0.15) is 0 Å². The molecule has 0 aliphatic carbocycles. The molecule has 1 atom stereocenters. The van der Waals surface area contributed by atoms with E-state index in [1.54, 1.807) is 36.4 Å². The van der Waals surface area contributed by atoms with Crippen molar-refractivity contribution in [3.63, 3.8) is 0 Å². The van der Waals surface area contributed by atoms with Crippen LogP contribution in [-0.2, 0) is 14.8 Å². The maximum absolute atomic E-state index is 13.5. The minimum absolute atomic E-state index is 0.154. The highest BCUT2D eigenvalue weighted by atomic mass is 32.2. The van der Waals surface area contributed by atoms with Gasteiger partial charge in [-0.05, 0) is 75.6 Å². The van der Waals surface area contributed by atoms with Crippen LogP contribution < -0.4 is 9.62 Å². The Morgan fingerprint density at radius 1 is 0.812 bits per heavy atom. The molecule has 1 amide bonds. The average Bonchev–Trinajstić information content (AvgIpc) is 2.72. The molecule has 0 aliphatic rings. The van der Waals surface area contributed by atoms with Gasteiger partial charge in [-0.25, -0.2) is 8.42 Å². The van der Waals surface area contributed by atoms with Crippen molar-refractivity contribution in [2.75, 3.05) is 10.8 Å². The lowest BCUT2D eigenvalue weighted by Crippen LogP contribution is -2.41. The van der Waals surface area contributed by atoms with Gasteiger partial charge in [0.1, 0.15) is 6.54 Å². The van der Waals surface area contributed by atoms with Crippen molar-refractivity contribution >= 4 is 21.6 Å². The Kier molecular flexibility index (Phi) is 7.04. The Balaban J connectivity index is 1.92. The van der Waals surface area contributed by atoms with Crippen LogP contribution in [0.15, 0.2) is 71.6 Å². The summed E-state index contributed by atoms with van der Waals surface area (Å²) < 4.78 is 28.3. The fraction of sp³-hybridized carbons (Fsp3) is 0.269. The van der Waals surface area contributed by atoms with Gasteiger partial charge in [0.05, 0.1) is 16.6 Å². The number of sulfonamides is 1. The Bertz CT molecular complexity index is 1180. The molecule has 3 aromatic rings. The smallest absolute Gasteiger partial charge is 0.264 e. The van der Waals surface area contributed by atoms with Crippen LogP contribution in [0.4, 0.5) is 5.69 Å². The van der Waals surface area contributed by atoms with Crippen molar-refractivity contribution in [2.45, 2.75) is 45.6 Å². The second-order valence-electron chi connectivity index (χ2n) is 8.37. The number of nitrogens with one attached hydrogen (secondary N) is 1. The summed E-state index contributed by atoms with van der Waals surface area (Å²) in [6, 6.07) is 19.9. The lowest BCUT2D eigenvalue weighted by Gasteiger charge is -2.26. The highest BCUT2D eigenvalue weighted by Gasteiger charge is 2.28. The van der Waals surface area contributed by atoms with Crippen LogP contribution in [0.2, 0.25) is 0 Å². The Morgan fingerprint density at radius 3 is 1.84 bits per heavy atom. The molecule has 5 nitrogen and oxygen atoms in total. The molecule has 0 radical (unpaired) electrons. The molecule has 0 saturated carbocycles. The zero-order chi connectivity index (χ0) is 23.5. The third kappa shape index (κ3) is 5.56. The van der Waals surface area contributed by atoms with E-state index in [9.17, 15) is 13.2 Å². The van der Waals surface area contributed by atoms with E-state index >= 15 is 0 Å². The molecule has 1 N–H and O–H groups in total. The fourth-order valence-electron chi connectivity index (χ4n) is 3.60. The van der Waals surface area contributed by atoms with Gasteiger partial charge in [-0.3, -0.25) is 9.10 Å². The number of benzene rings is 3. The van der Waals surface area contributed by atoms with Crippen LogP contribution in [-0.4, -0.2) is 20.9 Å². The molecule has 3 rings (SSSR count). The van der Waals surface area contributed by atoms with Crippen molar-refractivity contribution in [3.05, 3.63) is 94.5 Å². The first-order chi connectivity index (χ1) is 15.1. The fourth-order valence-corrected chi connectivity index (χ4v) is 5.01. The van der Waals surface area contributed by atoms with Crippen LogP contribution in [0.3, 0.4) is 0 Å². The van der Waals surface area contributed by atoms with Gasteiger partial charge < -0.3 is 5.32 Å². The quantitative estimate of drug-likeness (QED) is 0.551. The molecule has 0 fully saturated rings. The van der Waals surface area contributed by atoms with Crippen LogP contribution in [0.5, 0.6) is 0 Å². The predicted octanol–water partition coefficient (Wildman–Crippen LogP) is 4.99. The van der Waals surface area contributed by atoms with Gasteiger partial charge >= 0.3 is 0 Å². The van der Waals surface area contributed by atoms with Crippen molar-refractivity contribution < 1.29 is 13.2 Å². The molecule has 3 aromatic carbocycles. The molecule has 6 heteroatoms. The molecule has 0 spiro atoms. The Labute approximate surface area is 191 Å². The number of carbonyl (C=O) groups excluding carboxylic acids is 1. The number of aryl methyl sites for hydroxylation is 4. The van der Waals surface area contributed by atoms with Gasteiger partial charge in [0.25, 0.3) is 10.0 Å². The number of carbonyl (C=O) groups is 1. The SMILES string of the molecule is Cc1ccc([C@@H](C)NC(=O)CN(c2cc(C)cc(C)c2)S(=O)(=O)c2ccc(C)cc2)cc1. The molecule has 0 aliphatic heterocycles. The van der Waals surface area contributed by atoms with E-state index in [0.29, 0.717) is 5.69 Å². The first-order valence-corrected chi connectivity index (χ1v) is 12.0. The summed E-state index contributed by atoms with van der Waals surface area (Å²) in [5, 5.41) is 2.93. The zero-order valence-electron chi connectivity index (χ0n) is 19.2.